The molecular weight excluding hydrogens is 320 g/mol. The first-order valence-electron chi connectivity index (χ1n) is 7.64. The molecule has 0 unspecified atom stereocenters. The summed E-state index contributed by atoms with van der Waals surface area (Å²) in [6.07, 6.45) is 1.54. The van der Waals surface area contributed by atoms with Gasteiger partial charge in [-0.3, -0.25) is 13.9 Å². The molecule has 7 nitrogen and oxygen atoms in total. The van der Waals surface area contributed by atoms with Crippen LogP contribution in [0.1, 0.15) is 15.9 Å². The number of rotatable bonds is 4. The normalized spacial score (nSPS) is 11.2. The van der Waals surface area contributed by atoms with E-state index >= 15 is 0 Å². The first-order valence-corrected chi connectivity index (χ1v) is 7.64. The van der Waals surface area contributed by atoms with Gasteiger partial charge in [0.2, 0.25) is 0 Å². The molecule has 0 saturated carbocycles. The zero-order chi connectivity index (χ0) is 18.0. The third-order valence-electron chi connectivity index (χ3n) is 4.03. The van der Waals surface area contributed by atoms with Crippen LogP contribution in [0.3, 0.4) is 0 Å². The highest BCUT2D eigenvalue weighted by Gasteiger charge is 2.07. The van der Waals surface area contributed by atoms with Crippen molar-refractivity contribution in [3.8, 4) is 5.75 Å². The molecule has 0 aliphatic heterocycles. The van der Waals surface area contributed by atoms with Gasteiger partial charge in [-0.2, -0.15) is 5.10 Å². The summed E-state index contributed by atoms with van der Waals surface area (Å²) >= 11 is 0. The smallest absolute Gasteiger partial charge is 0.328 e. The van der Waals surface area contributed by atoms with Crippen LogP contribution in [0.2, 0.25) is 0 Å². The number of carbonyl (C=O) groups is 1. The second kappa shape index (κ2) is 6.64. The molecule has 1 heterocycles. The van der Waals surface area contributed by atoms with E-state index in [1.165, 1.54) is 0 Å². The van der Waals surface area contributed by atoms with Gasteiger partial charge in [0.15, 0.2) is 0 Å². The number of ether oxygens (including phenoxy) is 1. The number of carbonyl (C=O) groups excluding carboxylic acids is 1. The predicted molar refractivity (Wildman–Crippen MR) is 96.2 cm³/mol. The van der Waals surface area contributed by atoms with E-state index in [0.717, 1.165) is 16.6 Å². The highest BCUT2D eigenvalue weighted by Crippen LogP contribution is 2.13. The second-order valence-corrected chi connectivity index (χ2v) is 5.58. The quantitative estimate of drug-likeness (QED) is 0.580. The van der Waals surface area contributed by atoms with Gasteiger partial charge >= 0.3 is 5.69 Å². The highest BCUT2D eigenvalue weighted by atomic mass is 16.5. The van der Waals surface area contributed by atoms with Crippen molar-refractivity contribution in [2.45, 2.75) is 0 Å². The van der Waals surface area contributed by atoms with Crippen LogP contribution in [-0.2, 0) is 14.1 Å². The molecule has 0 aliphatic carbocycles. The number of methoxy groups -OCH3 is 1. The predicted octanol–water partition coefficient (Wildman–Crippen LogP) is 1.65. The van der Waals surface area contributed by atoms with Crippen LogP contribution in [-0.4, -0.2) is 28.4 Å². The van der Waals surface area contributed by atoms with Crippen LogP contribution in [0, 0.1) is 0 Å². The van der Waals surface area contributed by atoms with Crippen molar-refractivity contribution in [3.05, 3.63) is 64.1 Å². The van der Waals surface area contributed by atoms with Crippen LogP contribution in [0.4, 0.5) is 0 Å². The maximum absolute atomic E-state index is 12.0. The minimum absolute atomic E-state index is 0.0862. The van der Waals surface area contributed by atoms with E-state index in [-0.39, 0.29) is 11.6 Å². The standard InChI is InChI=1S/C18H18N4O3/c1-21-15-9-4-12(10-16(15)22(2)18(21)24)11-19-20-17(23)13-5-7-14(25-3)8-6-13/h4-11H,1-3H3,(H,20,23). The zero-order valence-electron chi connectivity index (χ0n) is 14.2. The molecule has 1 N–H and O–H groups in total. The Morgan fingerprint density at radius 1 is 1.08 bits per heavy atom. The Bertz CT molecular complexity index is 1010. The van der Waals surface area contributed by atoms with Crippen LogP contribution in [0.15, 0.2) is 52.4 Å². The number of aryl methyl sites for hydroxylation is 2. The average molecular weight is 338 g/mol. The largest absolute Gasteiger partial charge is 0.497 e. The summed E-state index contributed by atoms with van der Waals surface area (Å²) in [7, 11) is 5.02. The van der Waals surface area contributed by atoms with Gasteiger partial charge in [-0.25, -0.2) is 10.2 Å². The molecule has 128 valence electrons. The van der Waals surface area contributed by atoms with E-state index in [1.54, 1.807) is 60.8 Å². The minimum atomic E-state index is -0.313. The number of hydrazone groups is 1. The lowest BCUT2D eigenvalue weighted by Gasteiger charge is -2.02. The van der Waals surface area contributed by atoms with E-state index in [9.17, 15) is 9.59 Å². The SMILES string of the molecule is COc1ccc(C(=O)NN=Cc2ccc3c(c2)n(C)c(=O)n3C)cc1. The minimum Gasteiger partial charge on any atom is -0.497 e. The van der Waals surface area contributed by atoms with Gasteiger partial charge in [0.05, 0.1) is 24.4 Å². The third-order valence-corrected chi connectivity index (χ3v) is 4.03. The Labute approximate surface area is 144 Å². The molecule has 2 aromatic carbocycles. The summed E-state index contributed by atoms with van der Waals surface area (Å²) in [5.41, 5.74) is 5.30. The zero-order valence-corrected chi connectivity index (χ0v) is 14.2. The number of hydrogen-bond acceptors (Lipinski definition) is 4. The molecule has 1 amide bonds. The molecule has 3 aromatic rings. The number of nitrogens with one attached hydrogen (secondary N) is 1. The Kier molecular flexibility index (Phi) is 4.38. The molecule has 0 spiro atoms. The number of amides is 1. The summed E-state index contributed by atoms with van der Waals surface area (Å²) in [6, 6.07) is 12.3. The molecule has 25 heavy (non-hydrogen) atoms. The maximum Gasteiger partial charge on any atom is 0.328 e. The van der Waals surface area contributed by atoms with Crippen molar-refractivity contribution in [3.63, 3.8) is 0 Å². The van der Waals surface area contributed by atoms with Crippen molar-refractivity contribution in [2.24, 2.45) is 19.2 Å². The van der Waals surface area contributed by atoms with Gasteiger partial charge in [0.1, 0.15) is 5.75 Å². The maximum atomic E-state index is 12.0. The van der Waals surface area contributed by atoms with E-state index in [4.69, 9.17) is 4.74 Å². The first kappa shape index (κ1) is 16.5. The lowest BCUT2D eigenvalue weighted by atomic mass is 10.2. The van der Waals surface area contributed by atoms with Crippen molar-refractivity contribution >= 4 is 23.2 Å². The summed E-state index contributed by atoms with van der Waals surface area (Å²) in [5.74, 6) is 0.369. The summed E-state index contributed by atoms with van der Waals surface area (Å²) < 4.78 is 8.21. The Morgan fingerprint density at radius 2 is 1.76 bits per heavy atom. The van der Waals surface area contributed by atoms with E-state index in [2.05, 4.69) is 10.5 Å². The monoisotopic (exact) mass is 338 g/mol. The second-order valence-electron chi connectivity index (χ2n) is 5.58. The molecule has 0 saturated heterocycles. The van der Waals surface area contributed by atoms with Crippen LogP contribution >= 0.6 is 0 Å². The Morgan fingerprint density at radius 3 is 2.44 bits per heavy atom. The summed E-state index contributed by atoms with van der Waals surface area (Å²) in [5, 5.41) is 3.98. The van der Waals surface area contributed by atoms with E-state index < -0.39 is 0 Å². The lowest BCUT2D eigenvalue weighted by Crippen LogP contribution is -2.19. The topological polar surface area (TPSA) is 77.6 Å². The number of imidazole rings is 1. The number of fused-ring (bicyclic) bond motifs is 1. The highest BCUT2D eigenvalue weighted by molar-refractivity contribution is 5.95. The number of aromatic nitrogens is 2. The van der Waals surface area contributed by atoms with Gasteiger partial charge in [0, 0.05) is 19.7 Å². The van der Waals surface area contributed by atoms with E-state index in [1.807, 2.05) is 18.2 Å². The summed E-state index contributed by atoms with van der Waals surface area (Å²) in [4.78, 5) is 24.0. The van der Waals surface area contributed by atoms with Gasteiger partial charge < -0.3 is 4.74 Å². The molecule has 3 rings (SSSR count). The molecule has 1 aromatic heterocycles. The molecular formula is C18H18N4O3. The number of hydrogen-bond donors (Lipinski definition) is 1. The van der Waals surface area contributed by atoms with Gasteiger partial charge in [0.25, 0.3) is 5.91 Å². The van der Waals surface area contributed by atoms with Gasteiger partial charge in [-0.05, 0) is 42.0 Å². The van der Waals surface area contributed by atoms with E-state index in [0.29, 0.717) is 11.3 Å². The Balaban J connectivity index is 1.75. The summed E-state index contributed by atoms with van der Waals surface area (Å²) in [6.45, 7) is 0. The van der Waals surface area contributed by atoms with Gasteiger partial charge in [-0.1, -0.05) is 6.07 Å². The van der Waals surface area contributed by atoms with Crippen LogP contribution in [0.25, 0.3) is 11.0 Å². The molecule has 0 atom stereocenters. The third kappa shape index (κ3) is 3.16. The fourth-order valence-corrected chi connectivity index (χ4v) is 2.58. The molecule has 0 fully saturated rings. The van der Waals surface area contributed by atoms with Crippen molar-refractivity contribution in [2.75, 3.05) is 7.11 Å². The van der Waals surface area contributed by atoms with Crippen molar-refractivity contribution in [1.82, 2.24) is 14.6 Å². The molecule has 0 aliphatic rings. The van der Waals surface area contributed by atoms with Gasteiger partial charge in [-0.15, -0.1) is 0 Å². The first-order chi connectivity index (χ1) is 12.0. The number of nitrogens with zero attached hydrogens (tertiary/aromatic N) is 3. The molecule has 0 bridgehead atoms. The molecule has 7 heteroatoms. The van der Waals surface area contributed by atoms with Crippen molar-refractivity contribution < 1.29 is 9.53 Å². The fraction of sp³-hybridized carbons (Fsp3) is 0.167. The van der Waals surface area contributed by atoms with Crippen molar-refractivity contribution in [1.29, 1.82) is 0 Å². The van der Waals surface area contributed by atoms with Crippen LogP contribution < -0.4 is 15.9 Å². The average Bonchev–Trinajstić information content (AvgIpc) is 2.86. The fourth-order valence-electron chi connectivity index (χ4n) is 2.58. The lowest BCUT2D eigenvalue weighted by molar-refractivity contribution is 0.0955. The Hall–Kier alpha value is -3.35. The number of benzene rings is 2. The van der Waals surface area contributed by atoms with Crippen LogP contribution in [0.5, 0.6) is 5.75 Å². The molecule has 0 radical (unpaired) electrons.